The van der Waals surface area contributed by atoms with Crippen molar-refractivity contribution in [1.29, 1.82) is 0 Å². The Morgan fingerprint density at radius 1 is 1.12 bits per heavy atom. The van der Waals surface area contributed by atoms with Gasteiger partial charge >= 0.3 is 5.97 Å². The highest BCUT2D eigenvalue weighted by molar-refractivity contribution is 6.31. The first-order valence-corrected chi connectivity index (χ1v) is 11.3. The van der Waals surface area contributed by atoms with E-state index in [-0.39, 0.29) is 23.6 Å². The van der Waals surface area contributed by atoms with E-state index < -0.39 is 11.9 Å². The number of carboxylic acids is 1. The van der Waals surface area contributed by atoms with Gasteiger partial charge in [-0.3, -0.25) is 4.79 Å². The molecule has 1 saturated heterocycles. The number of halogens is 1. The Balaban J connectivity index is 2.12. The average molecular weight is 476 g/mol. The van der Waals surface area contributed by atoms with Gasteiger partial charge in [-0.1, -0.05) is 25.4 Å². The summed E-state index contributed by atoms with van der Waals surface area (Å²) in [6.07, 6.45) is 1.06. The fourth-order valence-electron chi connectivity index (χ4n) is 4.71. The van der Waals surface area contributed by atoms with Gasteiger partial charge in [0.2, 0.25) is 5.91 Å². The van der Waals surface area contributed by atoms with E-state index in [0.29, 0.717) is 52.6 Å². The standard InChI is InChI=1S/C25H30ClNO6/c1-14-7-15(2)13-27(12-14)23(29)11-19(18-8-16(25(30)31)5-6-20(18)26)24-21(28)9-17(32-3)10-22(24)33-4/h5-6,8-10,14-15,19,28H,7,11-13H2,1-4H3,(H,30,31)/t14-,15?,19?/m0/s1. The molecule has 178 valence electrons. The van der Waals surface area contributed by atoms with E-state index in [4.69, 9.17) is 21.1 Å². The largest absolute Gasteiger partial charge is 0.507 e. The molecule has 2 unspecified atom stereocenters. The maximum Gasteiger partial charge on any atom is 0.335 e. The van der Waals surface area contributed by atoms with Gasteiger partial charge in [-0.25, -0.2) is 4.79 Å². The summed E-state index contributed by atoms with van der Waals surface area (Å²) in [4.78, 5) is 26.9. The van der Waals surface area contributed by atoms with E-state index in [9.17, 15) is 19.8 Å². The van der Waals surface area contributed by atoms with E-state index in [0.717, 1.165) is 6.42 Å². The van der Waals surface area contributed by atoms with Gasteiger partial charge in [0.25, 0.3) is 0 Å². The fraction of sp³-hybridized carbons (Fsp3) is 0.440. The van der Waals surface area contributed by atoms with Crippen molar-refractivity contribution in [2.24, 2.45) is 11.8 Å². The van der Waals surface area contributed by atoms with Gasteiger partial charge in [-0.2, -0.15) is 0 Å². The van der Waals surface area contributed by atoms with Crippen LogP contribution in [0.3, 0.4) is 0 Å². The molecule has 7 nitrogen and oxygen atoms in total. The quantitative estimate of drug-likeness (QED) is 0.597. The highest BCUT2D eigenvalue weighted by atomic mass is 35.5. The van der Waals surface area contributed by atoms with Gasteiger partial charge in [-0.05, 0) is 42.0 Å². The number of aromatic carboxylic acids is 1. The zero-order valence-electron chi connectivity index (χ0n) is 19.3. The highest BCUT2D eigenvalue weighted by Crippen LogP contribution is 2.45. The number of hydrogen-bond acceptors (Lipinski definition) is 5. The molecule has 1 aliphatic heterocycles. The number of rotatable bonds is 7. The molecule has 0 spiro atoms. The van der Waals surface area contributed by atoms with Gasteiger partial charge < -0.3 is 24.6 Å². The molecule has 1 amide bonds. The molecule has 0 aliphatic carbocycles. The lowest BCUT2D eigenvalue weighted by Crippen LogP contribution is -2.43. The smallest absolute Gasteiger partial charge is 0.335 e. The SMILES string of the molecule is COc1cc(O)c(C(CC(=O)N2CC(C)C[C@H](C)C2)c2cc(C(=O)O)ccc2Cl)c(OC)c1. The normalized spacial score (nSPS) is 19.1. The van der Waals surface area contributed by atoms with E-state index in [1.165, 1.54) is 38.5 Å². The van der Waals surface area contributed by atoms with Crippen LogP contribution in [0.25, 0.3) is 0 Å². The van der Waals surface area contributed by atoms with Crippen molar-refractivity contribution in [3.63, 3.8) is 0 Å². The second kappa shape index (κ2) is 10.3. The van der Waals surface area contributed by atoms with Crippen LogP contribution in [-0.2, 0) is 4.79 Å². The van der Waals surface area contributed by atoms with Crippen molar-refractivity contribution in [1.82, 2.24) is 4.90 Å². The number of ether oxygens (including phenoxy) is 2. The maximum atomic E-state index is 13.4. The van der Waals surface area contributed by atoms with Crippen LogP contribution in [0, 0.1) is 11.8 Å². The van der Waals surface area contributed by atoms with Crippen LogP contribution in [-0.4, -0.2) is 54.3 Å². The molecule has 2 N–H and O–H groups in total. The molecule has 8 heteroatoms. The minimum atomic E-state index is -1.11. The lowest BCUT2D eigenvalue weighted by molar-refractivity contribution is -0.134. The Labute approximate surface area is 198 Å². The van der Waals surface area contributed by atoms with Crippen molar-refractivity contribution in [2.75, 3.05) is 27.3 Å². The average Bonchev–Trinajstić information content (AvgIpc) is 2.76. The lowest BCUT2D eigenvalue weighted by Gasteiger charge is -2.36. The second-order valence-electron chi connectivity index (χ2n) is 8.81. The summed E-state index contributed by atoms with van der Waals surface area (Å²) < 4.78 is 10.8. The molecule has 3 atom stereocenters. The van der Waals surface area contributed by atoms with Crippen LogP contribution >= 0.6 is 11.6 Å². The number of carbonyl (C=O) groups is 2. The number of nitrogens with zero attached hydrogens (tertiary/aromatic N) is 1. The third-order valence-corrected chi connectivity index (χ3v) is 6.46. The fourth-order valence-corrected chi connectivity index (χ4v) is 4.96. The van der Waals surface area contributed by atoms with Crippen molar-refractivity contribution in [3.05, 3.63) is 52.0 Å². The summed E-state index contributed by atoms with van der Waals surface area (Å²) in [5, 5.41) is 20.7. The van der Waals surface area contributed by atoms with Crippen LogP contribution in [0.5, 0.6) is 17.2 Å². The molecule has 1 aliphatic rings. The molecule has 0 bridgehead atoms. The topological polar surface area (TPSA) is 96.3 Å². The van der Waals surface area contributed by atoms with Gasteiger partial charge in [-0.15, -0.1) is 0 Å². The summed E-state index contributed by atoms with van der Waals surface area (Å²) in [5.74, 6) is -0.559. The van der Waals surface area contributed by atoms with Gasteiger partial charge in [0.15, 0.2) is 0 Å². The molecular weight excluding hydrogens is 446 g/mol. The monoisotopic (exact) mass is 475 g/mol. The predicted molar refractivity (Wildman–Crippen MR) is 126 cm³/mol. The number of methoxy groups -OCH3 is 2. The first kappa shape index (κ1) is 24.7. The summed E-state index contributed by atoms with van der Waals surface area (Å²) in [5.41, 5.74) is 0.829. The van der Waals surface area contributed by atoms with E-state index >= 15 is 0 Å². The number of phenolic OH excluding ortho intramolecular Hbond substituents is 1. The molecule has 0 aromatic heterocycles. The minimum absolute atomic E-state index is 0.00151. The van der Waals surface area contributed by atoms with Crippen LogP contribution in [0.4, 0.5) is 0 Å². The number of likely N-dealkylation sites (tertiary alicyclic amines) is 1. The zero-order chi connectivity index (χ0) is 24.3. The number of phenols is 1. The second-order valence-corrected chi connectivity index (χ2v) is 9.21. The minimum Gasteiger partial charge on any atom is -0.507 e. The predicted octanol–water partition coefficient (Wildman–Crippen LogP) is 4.79. The Morgan fingerprint density at radius 2 is 1.79 bits per heavy atom. The third-order valence-electron chi connectivity index (χ3n) is 6.12. The Bertz CT molecular complexity index is 1030. The van der Waals surface area contributed by atoms with Crippen molar-refractivity contribution in [3.8, 4) is 17.2 Å². The highest BCUT2D eigenvalue weighted by Gasteiger charge is 2.32. The third kappa shape index (κ3) is 5.53. The van der Waals surface area contributed by atoms with Crippen molar-refractivity contribution >= 4 is 23.5 Å². The first-order valence-electron chi connectivity index (χ1n) is 10.9. The number of benzene rings is 2. The van der Waals surface area contributed by atoms with E-state index in [1.54, 1.807) is 6.07 Å². The molecule has 33 heavy (non-hydrogen) atoms. The maximum absolute atomic E-state index is 13.4. The Hall–Kier alpha value is -2.93. The molecular formula is C25H30ClNO6. The van der Waals surface area contributed by atoms with Crippen LogP contribution < -0.4 is 9.47 Å². The molecule has 1 fully saturated rings. The zero-order valence-corrected chi connectivity index (χ0v) is 20.1. The Morgan fingerprint density at radius 3 is 2.36 bits per heavy atom. The van der Waals surface area contributed by atoms with Crippen LogP contribution in [0.15, 0.2) is 30.3 Å². The van der Waals surface area contributed by atoms with Crippen molar-refractivity contribution in [2.45, 2.75) is 32.6 Å². The molecule has 1 heterocycles. The first-order chi connectivity index (χ1) is 15.6. The number of hydrogen-bond donors (Lipinski definition) is 2. The molecule has 0 saturated carbocycles. The van der Waals surface area contributed by atoms with Gasteiger partial charge in [0, 0.05) is 48.1 Å². The number of carboxylic acid groups (broad SMARTS) is 1. The summed E-state index contributed by atoms with van der Waals surface area (Å²) in [6.45, 7) is 5.56. The number of amides is 1. The number of aromatic hydroxyl groups is 1. The molecule has 2 aromatic rings. The van der Waals surface area contributed by atoms with Gasteiger partial charge in [0.1, 0.15) is 17.2 Å². The van der Waals surface area contributed by atoms with E-state index in [2.05, 4.69) is 13.8 Å². The summed E-state index contributed by atoms with van der Waals surface area (Å²) in [6, 6.07) is 7.41. The van der Waals surface area contributed by atoms with Gasteiger partial charge in [0.05, 0.1) is 19.8 Å². The number of carbonyl (C=O) groups excluding carboxylic acids is 1. The molecule has 0 radical (unpaired) electrons. The van der Waals surface area contributed by atoms with Crippen molar-refractivity contribution < 1.29 is 29.3 Å². The molecule has 3 rings (SSSR count). The van der Waals surface area contributed by atoms with Crippen LogP contribution in [0.2, 0.25) is 5.02 Å². The van der Waals surface area contributed by atoms with E-state index in [1.807, 2.05) is 4.90 Å². The lowest BCUT2D eigenvalue weighted by atomic mass is 9.85. The number of piperidine rings is 1. The molecule has 2 aromatic carbocycles. The van der Waals surface area contributed by atoms with Crippen LogP contribution in [0.1, 0.15) is 54.1 Å². The summed E-state index contributed by atoms with van der Waals surface area (Å²) >= 11 is 6.50. The summed E-state index contributed by atoms with van der Waals surface area (Å²) in [7, 11) is 2.93. The Kier molecular flexibility index (Phi) is 7.74.